The van der Waals surface area contributed by atoms with E-state index in [4.69, 9.17) is 5.73 Å². The van der Waals surface area contributed by atoms with Crippen LogP contribution < -0.4 is 11.1 Å². The van der Waals surface area contributed by atoms with Crippen molar-refractivity contribution in [3.63, 3.8) is 0 Å². The van der Waals surface area contributed by atoms with Crippen LogP contribution in [-0.2, 0) is 5.54 Å². The zero-order chi connectivity index (χ0) is 11.9. The predicted octanol–water partition coefficient (Wildman–Crippen LogP) is 1.41. The number of hydrogen-bond donors (Lipinski definition) is 2. The number of hydrogen-bond acceptors (Lipinski definition) is 3. The van der Waals surface area contributed by atoms with E-state index >= 15 is 0 Å². The molecule has 3 nitrogen and oxygen atoms in total. The molecule has 0 spiro atoms. The van der Waals surface area contributed by atoms with E-state index in [1.54, 1.807) is 6.92 Å². The molecule has 0 saturated carbocycles. The quantitative estimate of drug-likeness (QED) is 0.759. The van der Waals surface area contributed by atoms with Crippen molar-refractivity contribution >= 4 is 5.96 Å². The summed E-state index contributed by atoms with van der Waals surface area (Å²) in [5, 5.41) is 2.86. The van der Waals surface area contributed by atoms with E-state index in [-0.39, 0.29) is 17.1 Å². The smallest absolute Gasteiger partial charge is 0.189 e. The van der Waals surface area contributed by atoms with Crippen LogP contribution in [0.4, 0.5) is 8.78 Å². The fraction of sp³-hybridized carbons (Fsp3) is 0.364. The van der Waals surface area contributed by atoms with Gasteiger partial charge in [0.1, 0.15) is 11.6 Å². The lowest BCUT2D eigenvalue weighted by Gasteiger charge is -2.25. The minimum Gasteiger partial charge on any atom is -0.370 e. The zero-order valence-electron chi connectivity index (χ0n) is 9.14. The molecule has 86 valence electrons. The topological polar surface area (TPSA) is 50.4 Å². The summed E-state index contributed by atoms with van der Waals surface area (Å²) in [5.74, 6) is -0.619. The number of nitrogens with one attached hydrogen (secondary N) is 1. The summed E-state index contributed by atoms with van der Waals surface area (Å²) in [7, 11) is 0. The van der Waals surface area contributed by atoms with Crippen LogP contribution >= 0.6 is 0 Å². The first-order valence-corrected chi connectivity index (χ1v) is 4.96. The van der Waals surface area contributed by atoms with Crippen molar-refractivity contribution in [1.29, 1.82) is 0 Å². The molecule has 0 bridgehead atoms. The van der Waals surface area contributed by atoms with E-state index in [0.29, 0.717) is 6.54 Å². The highest BCUT2D eigenvalue weighted by atomic mass is 19.1. The van der Waals surface area contributed by atoms with Crippen molar-refractivity contribution in [2.45, 2.75) is 19.4 Å². The summed E-state index contributed by atoms with van der Waals surface area (Å²) in [4.78, 5) is 3.95. The molecule has 1 aliphatic heterocycles. The fourth-order valence-corrected chi connectivity index (χ4v) is 1.83. The van der Waals surface area contributed by atoms with E-state index < -0.39 is 17.2 Å². The molecule has 1 aliphatic rings. The van der Waals surface area contributed by atoms with E-state index in [0.717, 1.165) is 0 Å². The van der Waals surface area contributed by atoms with Crippen molar-refractivity contribution in [3.8, 4) is 0 Å². The van der Waals surface area contributed by atoms with Crippen LogP contribution in [0.5, 0.6) is 0 Å². The Morgan fingerprint density at radius 3 is 2.62 bits per heavy atom. The Bertz CT molecular complexity index is 471. The van der Waals surface area contributed by atoms with Crippen LogP contribution in [0.2, 0.25) is 0 Å². The number of halogens is 2. The molecule has 1 aromatic rings. The second kappa shape index (κ2) is 3.43. The lowest BCUT2D eigenvalue weighted by atomic mass is 9.91. The van der Waals surface area contributed by atoms with Gasteiger partial charge in [-0.25, -0.2) is 8.78 Å². The summed E-state index contributed by atoms with van der Waals surface area (Å²) < 4.78 is 27.2. The monoisotopic (exact) mass is 225 g/mol. The number of nitrogens with two attached hydrogens (primary N) is 1. The molecule has 0 saturated heterocycles. The molecule has 0 aromatic heterocycles. The Morgan fingerprint density at radius 2 is 2.06 bits per heavy atom. The highest BCUT2D eigenvalue weighted by molar-refractivity contribution is 5.81. The molecule has 1 atom stereocenters. The lowest BCUT2D eigenvalue weighted by Crippen LogP contribution is -2.43. The molecule has 5 heteroatoms. The Hall–Kier alpha value is -1.65. The number of aliphatic imine (C=N–C) groups is 1. The fourth-order valence-electron chi connectivity index (χ4n) is 1.83. The van der Waals surface area contributed by atoms with Gasteiger partial charge in [-0.05, 0) is 31.5 Å². The average Bonchev–Trinajstić information content (AvgIpc) is 2.53. The molecule has 1 aromatic carbocycles. The highest BCUT2D eigenvalue weighted by Gasteiger charge is 2.34. The van der Waals surface area contributed by atoms with Crippen LogP contribution in [0.1, 0.15) is 18.1 Å². The number of nitrogens with zero attached hydrogens (tertiary/aromatic N) is 1. The van der Waals surface area contributed by atoms with Gasteiger partial charge in [0.15, 0.2) is 5.96 Å². The van der Waals surface area contributed by atoms with Crippen LogP contribution in [0, 0.1) is 18.6 Å². The molecule has 0 fully saturated rings. The lowest BCUT2D eigenvalue weighted by molar-refractivity contribution is 0.442. The first-order valence-electron chi connectivity index (χ1n) is 4.96. The molecular formula is C11H13F2N3. The van der Waals surface area contributed by atoms with Gasteiger partial charge < -0.3 is 11.1 Å². The largest absolute Gasteiger partial charge is 0.370 e. The van der Waals surface area contributed by atoms with Crippen LogP contribution in [0.25, 0.3) is 0 Å². The standard InChI is InChI=1S/C11H13F2N3/c1-6-3-9(13)7(4-8(6)12)11(2)5-15-10(14)16-11/h3-4H,5H2,1-2H3,(H3,14,15,16). The molecular weight excluding hydrogens is 212 g/mol. The molecule has 1 unspecified atom stereocenters. The van der Waals surface area contributed by atoms with E-state index in [1.165, 1.54) is 19.1 Å². The van der Waals surface area contributed by atoms with Crippen LogP contribution in [0.15, 0.2) is 17.1 Å². The molecule has 3 N–H and O–H groups in total. The summed E-state index contributed by atoms with van der Waals surface area (Å²) in [6.07, 6.45) is 0. The van der Waals surface area contributed by atoms with Gasteiger partial charge in [0.05, 0.1) is 12.1 Å². The van der Waals surface area contributed by atoms with Crippen molar-refractivity contribution in [2.24, 2.45) is 10.7 Å². The number of rotatable bonds is 1. The molecule has 2 rings (SSSR count). The molecule has 16 heavy (non-hydrogen) atoms. The van der Waals surface area contributed by atoms with Crippen molar-refractivity contribution < 1.29 is 8.78 Å². The van der Waals surface area contributed by atoms with Gasteiger partial charge in [0.25, 0.3) is 0 Å². The maximum atomic E-state index is 13.8. The van der Waals surface area contributed by atoms with Gasteiger partial charge in [0.2, 0.25) is 0 Å². The van der Waals surface area contributed by atoms with Gasteiger partial charge in [-0.15, -0.1) is 0 Å². The van der Waals surface area contributed by atoms with Crippen LogP contribution in [-0.4, -0.2) is 12.5 Å². The van der Waals surface area contributed by atoms with Crippen molar-refractivity contribution in [1.82, 2.24) is 5.32 Å². The van der Waals surface area contributed by atoms with E-state index in [1.807, 2.05) is 0 Å². The first kappa shape index (κ1) is 10.9. The average molecular weight is 225 g/mol. The molecule has 0 radical (unpaired) electrons. The normalized spacial score (nSPS) is 24.1. The summed E-state index contributed by atoms with van der Waals surface area (Å²) in [6.45, 7) is 3.57. The zero-order valence-corrected chi connectivity index (χ0v) is 9.14. The van der Waals surface area contributed by atoms with Gasteiger partial charge in [-0.1, -0.05) is 0 Å². The minimum atomic E-state index is -0.761. The Labute approximate surface area is 92.4 Å². The van der Waals surface area contributed by atoms with Crippen LogP contribution in [0.3, 0.4) is 0 Å². The summed E-state index contributed by atoms with van der Waals surface area (Å²) >= 11 is 0. The first-order chi connectivity index (χ1) is 7.42. The van der Waals surface area contributed by atoms with Crippen molar-refractivity contribution in [3.05, 3.63) is 34.9 Å². The predicted molar refractivity (Wildman–Crippen MR) is 58.1 cm³/mol. The maximum Gasteiger partial charge on any atom is 0.189 e. The Balaban J connectivity index is 2.45. The highest BCUT2D eigenvalue weighted by Crippen LogP contribution is 2.28. The third-order valence-electron chi connectivity index (χ3n) is 2.81. The van der Waals surface area contributed by atoms with E-state index in [9.17, 15) is 8.78 Å². The number of benzene rings is 1. The Kier molecular flexibility index (Phi) is 2.33. The SMILES string of the molecule is Cc1cc(F)c(C2(C)CN=C(N)N2)cc1F. The molecule has 0 aliphatic carbocycles. The van der Waals surface area contributed by atoms with Gasteiger partial charge in [-0.2, -0.15) is 0 Å². The van der Waals surface area contributed by atoms with Crippen molar-refractivity contribution in [2.75, 3.05) is 6.54 Å². The summed E-state index contributed by atoms with van der Waals surface area (Å²) in [5.41, 5.74) is 5.27. The second-order valence-corrected chi connectivity index (χ2v) is 4.24. The van der Waals surface area contributed by atoms with Gasteiger partial charge >= 0.3 is 0 Å². The van der Waals surface area contributed by atoms with E-state index in [2.05, 4.69) is 10.3 Å². The minimum absolute atomic E-state index is 0.250. The Morgan fingerprint density at radius 1 is 1.38 bits per heavy atom. The van der Waals surface area contributed by atoms with Gasteiger partial charge in [-0.3, -0.25) is 4.99 Å². The second-order valence-electron chi connectivity index (χ2n) is 4.24. The number of guanidine groups is 1. The molecule has 1 heterocycles. The number of aryl methyl sites for hydroxylation is 1. The van der Waals surface area contributed by atoms with Gasteiger partial charge in [0, 0.05) is 5.56 Å². The maximum absolute atomic E-state index is 13.8. The molecule has 0 amide bonds. The summed E-state index contributed by atoms with van der Waals surface area (Å²) in [6, 6.07) is 2.39. The third kappa shape index (κ3) is 1.62. The third-order valence-corrected chi connectivity index (χ3v) is 2.81.